The average Bonchev–Trinajstić information content (AvgIpc) is 2.67. The van der Waals surface area contributed by atoms with Crippen molar-refractivity contribution in [2.45, 2.75) is 70.9 Å². The van der Waals surface area contributed by atoms with Crippen LogP contribution in [0.5, 0.6) is 0 Å². The quantitative estimate of drug-likeness (QED) is 0.742. The van der Waals surface area contributed by atoms with Crippen LogP contribution in [0.4, 0.5) is 10.5 Å². The number of carbonyl (C=O) groups excluding carboxylic acids is 1. The van der Waals surface area contributed by atoms with Crippen LogP contribution in [0.1, 0.15) is 58.3 Å². The molecule has 1 unspecified atom stereocenters. The first kappa shape index (κ1) is 16.1. The van der Waals surface area contributed by atoms with Gasteiger partial charge in [0, 0.05) is 5.69 Å². The van der Waals surface area contributed by atoms with E-state index in [4.69, 9.17) is 15.2 Å². The van der Waals surface area contributed by atoms with E-state index >= 15 is 0 Å². The summed E-state index contributed by atoms with van der Waals surface area (Å²) in [5.41, 5.74) is 7.93. The van der Waals surface area contributed by atoms with Crippen LogP contribution in [0.25, 0.3) is 0 Å². The Morgan fingerprint density at radius 3 is 2.74 bits per heavy atom. The summed E-state index contributed by atoms with van der Waals surface area (Å²) in [6.07, 6.45) is 1.21. The first-order valence-corrected chi connectivity index (χ1v) is 8.17. The molecule has 2 atom stereocenters. The zero-order valence-electron chi connectivity index (χ0n) is 14.6. The lowest BCUT2D eigenvalue weighted by molar-refractivity contribution is -0.0794. The molecule has 0 spiro atoms. The van der Waals surface area contributed by atoms with Crippen LogP contribution in [0, 0.1) is 0 Å². The summed E-state index contributed by atoms with van der Waals surface area (Å²) in [4.78, 5) is 14.5. The molecule has 1 fully saturated rings. The van der Waals surface area contributed by atoms with Crippen molar-refractivity contribution in [3.63, 3.8) is 0 Å². The Labute approximate surface area is 137 Å². The van der Waals surface area contributed by atoms with Crippen LogP contribution in [0.3, 0.4) is 0 Å². The predicted octanol–water partition coefficient (Wildman–Crippen LogP) is 3.63. The van der Waals surface area contributed by atoms with Gasteiger partial charge in [-0.15, -0.1) is 0 Å². The zero-order chi connectivity index (χ0) is 17.0. The van der Waals surface area contributed by atoms with Gasteiger partial charge in [0.15, 0.2) is 0 Å². The van der Waals surface area contributed by atoms with E-state index < -0.39 is 11.3 Å². The van der Waals surface area contributed by atoms with E-state index in [-0.39, 0.29) is 18.2 Å². The number of ether oxygens (including phenoxy) is 2. The first-order chi connectivity index (χ1) is 10.6. The van der Waals surface area contributed by atoms with E-state index in [1.807, 2.05) is 46.8 Å². The minimum atomic E-state index is -0.704. The highest BCUT2D eigenvalue weighted by atomic mass is 16.6. The average molecular weight is 318 g/mol. The largest absolute Gasteiger partial charge is 0.444 e. The Kier molecular flexibility index (Phi) is 3.59. The minimum absolute atomic E-state index is 0.0193. The van der Waals surface area contributed by atoms with Crippen LogP contribution in [0.2, 0.25) is 0 Å². The number of hydrogen-bond acceptors (Lipinski definition) is 4. The molecule has 0 radical (unpaired) electrons. The fourth-order valence-corrected chi connectivity index (χ4v) is 3.67. The van der Waals surface area contributed by atoms with Gasteiger partial charge >= 0.3 is 6.09 Å². The normalized spacial score (nSPS) is 25.7. The van der Waals surface area contributed by atoms with Crippen LogP contribution in [-0.2, 0) is 15.9 Å². The molecule has 1 saturated heterocycles. The zero-order valence-corrected chi connectivity index (χ0v) is 14.6. The first-order valence-electron chi connectivity index (χ1n) is 8.17. The molecule has 5 nitrogen and oxygen atoms in total. The monoisotopic (exact) mass is 318 g/mol. The number of carbonyl (C=O) groups is 1. The highest BCUT2D eigenvalue weighted by molar-refractivity contribution is 5.70. The van der Waals surface area contributed by atoms with Gasteiger partial charge in [0.1, 0.15) is 17.4 Å². The second-order valence-corrected chi connectivity index (χ2v) is 7.86. The molecule has 1 aromatic rings. The molecule has 0 bridgehead atoms. The Balaban J connectivity index is 1.95. The van der Waals surface area contributed by atoms with Gasteiger partial charge in [-0.05, 0) is 64.7 Å². The van der Waals surface area contributed by atoms with Crippen molar-refractivity contribution in [1.29, 1.82) is 0 Å². The number of fused-ring (bicyclic) bond motifs is 3. The molecule has 0 aromatic heterocycles. The second kappa shape index (κ2) is 5.13. The van der Waals surface area contributed by atoms with Crippen molar-refractivity contribution in [2.24, 2.45) is 0 Å². The smallest absolute Gasteiger partial charge is 0.412 e. The number of rotatable bonds is 0. The van der Waals surface area contributed by atoms with E-state index in [1.165, 1.54) is 0 Å². The van der Waals surface area contributed by atoms with Crippen LogP contribution in [-0.4, -0.2) is 28.4 Å². The number of hydrogen-bond donors (Lipinski definition) is 1. The van der Waals surface area contributed by atoms with E-state index in [1.54, 1.807) is 4.90 Å². The van der Waals surface area contributed by atoms with Gasteiger partial charge in [0.25, 0.3) is 0 Å². The molecule has 126 valence electrons. The molecule has 23 heavy (non-hydrogen) atoms. The van der Waals surface area contributed by atoms with Crippen molar-refractivity contribution in [3.8, 4) is 0 Å². The van der Waals surface area contributed by atoms with Gasteiger partial charge in [-0.1, -0.05) is 12.1 Å². The molecule has 1 aromatic carbocycles. The highest BCUT2D eigenvalue weighted by Gasteiger charge is 2.53. The number of nitrogen functional groups attached to an aromatic ring is 1. The molecular formula is C18H26N2O3. The van der Waals surface area contributed by atoms with Gasteiger partial charge in [-0.2, -0.15) is 0 Å². The van der Waals surface area contributed by atoms with Crippen molar-refractivity contribution < 1.29 is 14.3 Å². The lowest BCUT2D eigenvalue weighted by atomic mass is 9.85. The van der Waals surface area contributed by atoms with Gasteiger partial charge < -0.3 is 15.2 Å². The molecule has 1 aliphatic carbocycles. The maximum atomic E-state index is 12.7. The maximum absolute atomic E-state index is 12.7. The molecule has 1 amide bonds. The van der Waals surface area contributed by atoms with Gasteiger partial charge in [-0.3, -0.25) is 4.90 Å². The van der Waals surface area contributed by atoms with Gasteiger partial charge in [0.2, 0.25) is 0 Å². The fourth-order valence-electron chi connectivity index (χ4n) is 3.67. The summed E-state index contributed by atoms with van der Waals surface area (Å²) in [5.74, 6) is 0. The number of nitrogens with zero attached hydrogens (tertiary/aromatic N) is 1. The highest BCUT2D eigenvalue weighted by Crippen LogP contribution is 2.47. The fraction of sp³-hybridized carbons (Fsp3) is 0.611. The van der Waals surface area contributed by atoms with Gasteiger partial charge in [0.05, 0.1) is 6.04 Å². The Hall–Kier alpha value is -1.75. The van der Waals surface area contributed by atoms with Crippen LogP contribution < -0.4 is 5.73 Å². The number of amides is 1. The lowest BCUT2D eigenvalue weighted by Gasteiger charge is -2.36. The molecule has 2 aliphatic rings. The minimum Gasteiger partial charge on any atom is -0.444 e. The predicted molar refractivity (Wildman–Crippen MR) is 88.9 cm³/mol. The van der Waals surface area contributed by atoms with Gasteiger partial charge in [-0.25, -0.2) is 4.79 Å². The lowest BCUT2D eigenvalue weighted by Crippen LogP contribution is -2.50. The topological polar surface area (TPSA) is 64.8 Å². The van der Waals surface area contributed by atoms with Crippen molar-refractivity contribution in [2.75, 3.05) is 5.73 Å². The number of nitrogens with two attached hydrogens (primary N) is 1. The van der Waals surface area contributed by atoms with Crippen LogP contribution >= 0.6 is 0 Å². The van der Waals surface area contributed by atoms with Crippen molar-refractivity contribution in [3.05, 3.63) is 29.3 Å². The van der Waals surface area contributed by atoms with Crippen LogP contribution in [0.15, 0.2) is 18.2 Å². The Morgan fingerprint density at radius 2 is 2.09 bits per heavy atom. The Bertz CT molecular complexity index is 634. The SMILES string of the molecule is CC(C)(C)OC(=O)N1[C@H]2CCc3c(N)cccc3C2OC1(C)C. The molecule has 1 heterocycles. The summed E-state index contributed by atoms with van der Waals surface area (Å²) in [5, 5.41) is 0. The van der Waals surface area contributed by atoms with Crippen molar-refractivity contribution >= 4 is 11.8 Å². The van der Waals surface area contributed by atoms with E-state index in [9.17, 15) is 4.79 Å². The van der Waals surface area contributed by atoms with Crippen molar-refractivity contribution in [1.82, 2.24) is 4.90 Å². The molecular weight excluding hydrogens is 292 g/mol. The van der Waals surface area contributed by atoms with E-state index in [0.717, 1.165) is 29.7 Å². The standard InChI is InChI=1S/C18H26N2O3/c1-17(2,3)23-16(21)20-14-10-9-11-12(7-6-8-13(11)19)15(14)22-18(20,4)5/h6-8,14-15H,9-10,19H2,1-5H3/t14-,15?/m0/s1. The third-order valence-electron chi connectivity index (χ3n) is 4.51. The summed E-state index contributed by atoms with van der Waals surface area (Å²) in [6, 6.07) is 5.90. The number of anilines is 1. The molecule has 2 N–H and O–H groups in total. The third-order valence-corrected chi connectivity index (χ3v) is 4.51. The third kappa shape index (κ3) is 2.78. The molecule has 5 heteroatoms. The second-order valence-electron chi connectivity index (χ2n) is 7.86. The Morgan fingerprint density at radius 1 is 1.39 bits per heavy atom. The molecule has 0 saturated carbocycles. The summed E-state index contributed by atoms with van der Waals surface area (Å²) in [7, 11) is 0. The molecule has 3 rings (SSSR count). The summed E-state index contributed by atoms with van der Waals surface area (Å²) >= 11 is 0. The van der Waals surface area contributed by atoms with E-state index in [2.05, 4.69) is 6.07 Å². The maximum Gasteiger partial charge on any atom is 0.412 e. The summed E-state index contributed by atoms with van der Waals surface area (Å²) in [6.45, 7) is 9.47. The number of benzene rings is 1. The summed E-state index contributed by atoms with van der Waals surface area (Å²) < 4.78 is 11.9. The van der Waals surface area contributed by atoms with E-state index in [0.29, 0.717) is 0 Å². The molecule has 1 aliphatic heterocycles.